The number of nitrogens with zero attached hydrogens (tertiary/aromatic N) is 3. The number of nitro groups is 1. The molecule has 0 saturated carbocycles. The predicted octanol–water partition coefficient (Wildman–Crippen LogP) is 4.80. The third kappa shape index (κ3) is 7.58. The lowest BCUT2D eigenvalue weighted by atomic mass is 10.1. The molecule has 2 heterocycles. The van der Waals surface area contributed by atoms with E-state index in [1.54, 1.807) is 30.0 Å². The summed E-state index contributed by atoms with van der Waals surface area (Å²) in [4.78, 5) is 29.9. The average Bonchev–Trinajstić information content (AvgIpc) is 3.33. The predicted molar refractivity (Wildman–Crippen MR) is 143 cm³/mol. The van der Waals surface area contributed by atoms with Gasteiger partial charge in [0, 0.05) is 44.1 Å². The highest BCUT2D eigenvalue weighted by atomic mass is 35.5. The van der Waals surface area contributed by atoms with Crippen LogP contribution in [-0.4, -0.2) is 64.0 Å². The summed E-state index contributed by atoms with van der Waals surface area (Å²) in [6, 6.07) is 12.0. The molecular formula is C23H24Cl2N4O4S2. The second kappa shape index (κ2) is 12.4. The Balaban J connectivity index is 1.20. The Hall–Kier alpha value is -1.82. The SMILES string of the molecule is O=C(CSC1=NC(c2cccc([N+](=O)[O-])c2)CS1)NC[C@H]1CN(Cc2ccc(Cl)c(Cl)c2)CCO1. The summed E-state index contributed by atoms with van der Waals surface area (Å²) < 4.78 is 6.64. The molecule has 8 nitrogen and oxygen atoms in total. The third-order valence-corrected chi connectivity index (χ3v) is 8.60. The summed E-state index contributed by atoms with van der Waals surface area (Å²) in [5, 5.41) is 15.0. The molecule has 1 amide bonds. The van der Waals surface area contributed by atoms with Gasteiger partial charge in [0.25, 0.3) is 5.69 Å². The molecule has 4 rings (SSSR count). The Bertz CT molecular complexity index is 1120. The first-order valence-electron chi connectivity index (χ1n) is 11.0. The zero-order valence-electron chi connectivity index (χ0n) is 18.7. The number of halogens is 2. The summed E-state index contributed by atoms with van der Waals surface area (Å²) in [5.74, 6) is 0.880. The van der Waals surface area contributed by atoms with Crippen molar-refractivity contribution in [3.8, 4) is 0 Å². The van der Waals surface area contributed by atoms with Crippen molar-refractivity contribution < 1.29 is 14.5 Å². The van der Waals surface area contributed by atoms with Crippen LogP contribution in [0.2, 0.25) is 10.0 Å². The van der Waals surface area contributed by atoms with Gasteiger partial charge in [0.1, 0.15) is 4.38 Å². The van der Waals surface area contributed by atoms with Gasteiger partial charge in [0.2, 0.25) is 5.91 Å². The van der Waals surface area contributed by atoms with Crippen LogP contribution in [0.3, 0.4) is 0 Å². The Morgan fingerprint density at radius 2 is 2.14 bits per heavy atom. The Labute approximate surface area is 221 Å². The lowest BCUT2D eigenvalue weighted by Crippen LogP contribution is -2.47. The van der Waals surface area contributed by atoms with E-state index < -0.39 is 4.92 Å². The highest BCUT2D eigenvalue weighted by Gasteiger charge is 2.24. The molecule has 1 N–H and O–H groups in total. The first-order valence-corrected chi connectivity index (χ1v) is 13.7. The van der Waals surface area contributed by atoms with Crippen LogP contribution in [0.4, 0.5) is 5.69 Å². The molecule has 2 aromatic rings. The van der Waals surface area contributed by atoms with Gasteiger partial charge in [-0.2, -0.15) is 0 Å². The molecule has 1 unspecified atom stereocenters. The Kier molecular flexibility index (Phi) is 9.32. The van der Waals surface area contributed by atoms with E-state index in [0.29, 0.717) is 35.5 Å². The maximum Gasteiger partial charge on any atom is 0.269 e. The minimum atomic E-state index is -0.405. The number of carbonyl (C=O) groups is 1. The van der Waals surface area contributed by atoms with Gasteiger partial charge in [-0.15, -0.1) is 0 Å². The molecule has 2 aliphatic rings. The molecule has 12 heteroatoms. The van der Waals surface area contributed by atoms with Crippen LogP contribution in [0.1, 0.15) is 17.2 Å². The fraction of sp³-hybridized carbons (Fsp3) is 0.391. The number of ether oxygens (including phenoxy) is 1. The fourth-order valence-corrected chi connectivity index (χ4v) is 6.16. The van der Waals surface area contributed by atoms with Crippen molar-refractivity contribution in [3.63, 3.8) is 0 Å². The zero-order chi connectivity index (χ0) is 24.8. The summed E-state index contributed by atoms with van der Waals surface area (Å²) in [5.41, 5.74) is 1.95. The number of hydrogen-bond acceptors (Lipinski definition) is 8. The van der Waals surface area contributed by atoms with Gasteiger partial charge in [0.15, 0.2) is 0 Å². The van der Waals surface area contributed by atoms with E-state index >= 15 is 0 Å². The number of nitro benzene ring substituents is 1. The average molecular weight is 556 g/mol. The topological polar surface area (TPSA) is 97.1 Å². The van der Waals surface area contributed by atoms with Crippen molar-refractivity contribution in [3.05, 3.63) is 73.8 Å². The summed E-state index contributed by atoms with van der Waals surface area (Å²) in [7, 11) is 0. The quantitative estimate of drug-likeness (QED) is 0.369. The molecule has 0 aromatic heterocycles. The van der Waals surface area contributed by atoms with Crippen LogP contribution < -0.4 is 5.32 Å². The number of carbonyl (C=O) groups excluding carboxylic acids is 1. The van der Waals surface area contributed by atoms with Crippen LogP contribution in [0.15, 0.2) is 47.5 Å². The van der Waals surface area contributed by atoms with Crippen molar-refractivity contribution >= 4 is 62.7 Å². The van der Waals surface area contributed by atoms with E-state index in [-0.39, 0.29) is 29.5 Å². The monoisotopic (exact) mass is 554 g/mol. The van der Waals surface area contributed by atoms with Crippen molar-refractivity contribution in [1.82, 2.24) is 10.2 Å². The first-order chi connectivity index (χ1) is 16.9. The van der Waals surface area contributed by atoms with E-state index in [2.05, 4.69) is 15.2 Å². The lowest BCUT2D eigenvalue weighted by Gasteiger charge is -2.33. The van der Waals surface area contributed by atoms with E-state index in [1.165, 1.54) is 17.8 Å². The Morgan fingerprint density at radius 3 is 2.94 bits per heavy atom. The Morgan fingerprint density at radius 1 is 1.29 bits per heavy atom. The number of hydrogen-bond donors (Lipinski definition) is 1. The van der Waals surface area contributed by atoms with Crippen LogP contribution >= 0.6 is 46.7 Å². The number of non-ortho nitro benzene ring substituents is 1. The first kappa shape index (κ1) is 26.2. The van der Waals surface area contributed by atoms with E-state index in [4.69, 9.17) is 27.9 Å². The number of benzene rings is 2. The van der Waals surface area contributed by atoms with Crippen molar-refractivity contribution in [1.29, 1.82) is 0 Å². The van der Waals surface area contributed by atoms with Crippen LogP contribution in [0.5, 0.6) is 0 Å². The van der Waals surface area contributed by atoms with E-state index in [0.717, 1.165) is 28.6 Å². The van der Waals surface area contributed by atoms with E-state index in [1.807, 2.05) is 18.2 Å². The van der Waals surface area contributed by atoms with Crippen molar-refractivity contribution in [2.75, 3.05) is 37.7 Å². The molecular weight excluding hydrogens is 531 g/mol. The molecule has 35 heavy (non-hydrogen) atoms. The highest BCUT2D eigenvalue weighted by Crippen LogP contribution is 2.35. The number of rotatable bonds is 8. The minimum Gasteiger partial charge on any atom is -0.374 e. The molecule has 0 spiro atoms. The van der Waals surface area contributed by atoms with Crippen LogP contribution in [0, 0.1) is 10.1 Å². The standard InChI is InChI=1S/C23H24Cl2N4O4S2/c24-19-5-4-15(8-20(19)25)11-28-6-7-33-18(12-28)10-26-22(30)14-35-23-27-21(13-34-23)16-2-1-3-17(9-16)29(31)32/h1-5,8-9,18,21H,6-7,10-14H2,(H,26,30)/t18-,21?/m0/s1. The summed E-state index contributed by atoms with van der Waals surface area (Å²) >= 11 is 15.1. The van der Waals surface area contributed by atoms with Gasteiger partial charge in [-0.3, -0.25) is 24.8 Å². The summed E-state index contributed by atoms with van der Waals surface area (Å²) in [6.07, 6.45) is -0.0862. The minimum absolute atomic E-state index is 0.0589. The molecule has 0 bridgehead atoms. The van der Waals surface area contributed by atoms with Gasteiger partial charge < -0.3 is 10.1 Å². The molecule has 2 aromatic carbocycles. The smallest absolute Gasteiger partial charge is 0.269 e. The molecule has 0 aliphatic carbocycles. The summed E-state index contributed by atoms with van der Waals surface area (Å²) in [6.45, 7) is 3.30. The zero-order valence-corrected chi connectivity index (χ0v) is 21.8. The van der Waals surface area contributed by atoms with Gasteiger partial charge >= 0.3 is 0 Å². The molecule has 0 radical (unpaired) electrons. The molecule has 2 aliphatic heterocycles. The number of amides is 1. The normalized spacial score (nSPS) is 20.5. The molecule has 2 atom stereocenters. The van der Waals surface area contributed by atoms with E-state index in [9.17, 15) is 14.9 Å². The van der Waals surface area contributed by atoms with Crippen molar-refractivity contribution in [2.24, 2.45) is 4.99 Å². The van der Waals surface area contributed by atoms with Crippen molar-refractivity contribution in [2.45, 2.75) is 18.7 Å². The third-order valence-electron chi connectivity index (χ3n) is 5.56. The largest absolute Gasteiger partial charge is 0.374 e. The molecule has 1 fully saturated rings. The number of aliphatic imine (C=N–C) groups is 1. The number of morpholine rings is 1. The maximum atomic E-state index is 12.4. The van der Waals surface area contributed by atoms with Gasteiger partial charge in [0.05, 0.1) is 39.5 Å². The van der Waals surface area contributed by atoms with Gasteiger partial charge in [-0.25, -0.2) is 0 Å². The molecule has 1 saturated heterocycles. The van der Waals surface area contributed by atoms with Crippen LogP contribution in [-0.2, 0) is 16.1 Å². The number of nitrogens with one attached hydrogen (secondary N) is 1. The second-order valence-electron chi connectivity index (χ2n) is 8.14. The van der Waals surface area contributed by atoms with Gasteiger partial charge in [-0.05, 0) is 23.3 Å². The lowest BCUT2D eigenvalue weighted by molar-refractivity contribution is -0.384. The van der Waals surface area contributed by atoms with Crippen LogP contribution in [0.25, 0.3) is 0 Å². The van der Waals surface area contributed by atoms with Gasteiger partial charge in [-0.1, -0.05) is 64.9 Å². The maximum absolute atomic E-state index is 12.4. The fourth-order valence-electron chi connectivity index (χ4n) is 3.80. The second-order valence-corrected chi connectivity index (χ2v) is 11.2. The number of thioether (sulfide) groups is 2. The molecule has 186 valence electrons. The highest BCUT2D eigenvalue weighted by molar-refractivity contribution is 8.39.